The maximum Gasteiger partial charge on any atom is 1.00 e. The van der Waals surface area contributed by atoms with Crippen LogP contribution in [0.5, 0.6) is 34.5 Å². The van der Waals surface area contributed by atoms with Crippen LogP contribution >= 0.6 is 7.82 Å². The maximum atomic E-state index is 8.67. The molecule has 0 saturated carbocycles. The molecule has 3 rings (SSSR count). The minimum atomic E-state index is -5.39. The summed E-state index contributed by atoms with van der Waals surface area (Å²) in [5, 5.41) is 52.0. The Morgan fingerprint density at radius 2 is 0.531 bits per heavy atom. The summed E-state index contributed by atoms with van der Waals surface area (Å²) in [5.74, 6) is -0.458. The summed E-state index contributed by atoms with van der Waals surface area (Å²) < 4.78 is 8.55. The van der Waals surface area contributed by atoms with Gasteiger partial charge in [-0.3, -0.25) is 0 Å². The van der Waals surface area contributed by atoms with Crippen molar-refractivity contribution in [1.29, 1.82) is 0 Å². The molecule has 32 heavy (non-hydrogen) atoms. The molecule has 14 heteroatoms. The van der Waals surface area contributed by atoms with Crippen LogP contribution in [0.15, 0.2) is 72.8 Å². The number of phenols is 6. The number of phosphoric acid groups is 1. The number of hydrogen-bond acceptors (Lipinski definition) is 10. The fourth-order valence-corrected chi connectivity index (χ4v) is 1.39. The van der Waals surface area contributed by atoms with Crippen molar-refractivity contribution in [2.75, 3.05) is 0 Å². The molecule has 0 aliphatic carbocycles. The van der Waals surface area contributed by atoms with Crippen molar-refractivity contribution in [3.63, 3.8) is 0 Å². The number of rotatable bonds is 0. The predicted octanol–water partition coefficient (Wildman–Crippen LogP) is -8.52. The molecule has 6 N–H and O–H groups in total. The van der Waals surface area contributed by atoms with Crippen LogP contribution in [0.3, 0.4) is 0 Å². The van der Waals surface area contributed by atoms with Crippen molar-refractivity contribution < 1.29 is 106 Å². The van der Waals surface area contributed by atoms with E-state index in [1.807, 2.05) is 0 Å². The van der Waals surface area contributed by atoms with Crippen molar-refractivity contribution in [3.05, 3.63) is 72.8 Å². The minimum Gasteiger partial charge on any atom is -0.822 e. The van der Waals surface area contributed by atoms with Gasteiger partial charge in [-0.25, -0.2) is 0 Å². The molecule has 0 radical (unpaired) electrons. The Hall–Kier alpha value is -1.64. The molecule has 0 fully saturated rings. The molecule has 0 atom stereocenters. The van der Waals surface area contributed by atoms with Gasteiger partial charge in [0.25, 0.3) is 0 Å². The average molecular weight is 446 g/mol. The molecule has 3 aromatic rings. The summed E-state index contributed by atoms with van der Waals surface area (Å²) in [7, 11) is -5.39. The van der Waals surface area contributed by atoms with Crippen LogP contribution in [0.25, 0.3) is 0 Å². The summed E-state index contributed by atoms with van der Waals surface area (Å²) in [6.07, 6.45) is 0. The van der Waals surface area contributed by atoms with E-state index in [4.69, 9.17) is 49.9 Å². The largest absolute Gasteiger partial charge is 1.00 e. The van der Waals surface area contributed by atoms with Gasteiger partial charge in [-0.15, -0.1) is 0 Å². The second-order valence-corrected chi connectivity index (χ2v) is 5.81. The van der Waals surface area contributed by atoms with Gasteiger partial charge in [0.1, 0.15) is 0 Å². The van der Waals surface area contributed by atoms with Crippen LogP contribution in [-0.2, 0) is 4.57 Å². The summed E-state index contributed by atoms with van der Waals surface area (Å²) >= 11 is 0. The number of hydrogen-bond donors (Lipinski definition) is 6. The van der Waals surface area contributed by atoms with Gasteiger partial charge in [-0.05, 0) is 36.4 Å². The Morgan fingerprint density at radius 3 is 0.594 bits per heavy atom. The van der Waals surface area contributed by atoms with E-state index in [1.54, 1.807) is 36.4 Å². The fourth-order valence-electron chi connectivity index (χ4n) is 1.39. The SMILES string of the molecule is O=P([O-])([O-])[O-].Oc1ccccc1O.Oc1ccccc1O.Oc1ccccc1O.[Li+].[Li+].[Li+]. The van der Waals surface area contributed by atoms with E-state index in [-0.39, 0.29) is 91.1 Å². The molecule has 0 spiro atoms. The molecular weight excluding hydrogens is 428 g/mol. The normalized spacial score (nSPS) is 8.59. The van der Waals surface area contributed by atoms with Gasteiger partial charge >= 0.3 is 56.6 Å². The zero-order valence-electron chi connectivity index (χ0n) is 17.7. The molecule has 0 amide bonds. The molecule has 0 heterocycles. The Labute approximate surface area is 220 Å². The summed E-state index contributed by atoms with van der Waals surface area (Å²) in [4.78, 5) is 25.6. The minimum absolute atomic E-state index is 0. The molecule has 0 aromatic heterocycles. The van der Waals surface area contributed by atoms with Crippen molar-refractivity contribution in [2.45, 2.75) is 0 Å². The third-order valence-corrected chi connectivity index (χ3v) is 2.65. The summed E-state index contributed by atoms with van der Waals surface area (Å²) in [6.45, 7) is 0. The Kier molecular flexibility index (Phi) is 23.5. The van der Waals surface area contributed by atoms with Gasteiger partial charge in [0, 0.05) is 0 Å². The number of phenolic OH excluding ortho intramolecular Hbond substituents is 6. The van der Waals surface area contributed by atoms with Crippen LogP contribution in [0.2, 0.25) is 0 Å². The number of aromatic hydroxyl groups is 6. The molecule has 158 valence electrons. The van der Waals surface area contributed by atoms with E-state index in [9.17, 15) is 0 Å². The first-order valence-electron chi connectivity index (χ1n) is 7.55. The molecule has 0 aliphatic rings. The molecule has 0 bridgehead atoms. The standard InChI is InChI=1S/3C6H6O2.3Li.H3O4P/c3*7-5-3-1-2-4-6(5)8;;;;1-5(2,3)4/h3*1-4,7-8H;;;;(H3,1,2,3,4)/q;;;3*+1;/p-3. The quantitative estimate of drug-likeness (QED) is 0.109. The van der Waals surface area contributed by atoms with Crippen molar-refractivity contribution in [3.8, 4) is 34.5 Å². The number of benzene rings is 3. The smallest absolute Gasteiger partial charge is 0.822 e. The van der Waals surface area contributed by atoms with Crippen LogP contribution in [0.4, 0.5) is 0 Å². The second kappa shape index (κ2) is 20.0. The summed E-state index contributed by atoms with van der Waals surface area (Å²) in [6, 6.07) is 18.4. The van der Waals surface area contributed by atoms with Crippen LogP contribution in [0.1, 0.15) is 0 Å². The first-order valence-corrected chi connectivity index (χ1v) is 9.01. The third-order valence-electron chi connectivity index (χ3n) is 2.65. The van der Waals surface area contributed by atoms with Gasteiger partial charge in [0.2, 0.25) is 0 Å². The van der Waals surface area contributed by atoms with E-state index in [1.165, 1.54) is 36.4 Å². The Bertz CT molecular complexity index is 750. The maximum absolute atomic E-state index is 8.67. The zero-order chi connectivity index (χ0) is 22.4. The predicted molar refractivity (Wildman–Crippen MR) is 96.9 cm³/mol. The fraction of sp³-hybridized carbons (Fsp3) is 0. The van der Waals surface area contributed by atoms with Crippen molar-refractivity contribution >= 4 is 7.82 Å². The third kappa shape index (κ3) is 21.6. The van der Waals surface area contributed by atoms with Gasteiger partial charge in [0.15, 0.2) is 34.5 Å². The Morgan fingerprint density at radius 1 is 0.438 bits per heavy atom. The van der Waals surface area contributed by atoms with E-state index in [2.05, 4.69) is 0 Å². The first kappa shape index (κ1) is 37.7. The molecular formula is C18H18Li3O10P. The molecule has 0 saturated heterocycles. The van der Waals surface area contributed by atoms with Gasteiger partial charge in [-0.2, -0.15) is 7.82 Å². The average Bonchev–Trinajstić information content (AvgIpc) is 2.62. The number of para-hydroxylation sites is 6. The van der Waals surface area contributed by atoms with E-state index < -0.39 is 7.82 Å². The van der Waals surface area contributed by atoms with Gasteiger partial charge in [-0.1, -0.05) is 36.4 Å². The van der Waals surface area contributed by atoms with Gasteiger partial charge in [0.05, 0.1) is 0 Å². The van der Waals surface area contributed by atoms with E-state index in [0.29, 0.717) is 0 Å². The summed E-state index contributed by atoms with van der Waals surface area (Å²) in [5.41, 5.74) is 0. The molecule has 0 unspecified atom stereocenters. The van der Waals surface area contributed by atoms with Crippen molar-refractivity contribution in [1.82, 2.24) is 0 Å². The molecule has 0 aliphatic heterocycles. The van der Waals surface area contributed by atoms with E-state index in [0.717, 1.165) is 0 Å². The van der Waals surface area contributed by atoms with Crippen LogP contribution in [0, 0.1) is 0 Å². The van der Waals surface area contributed by atoms with E-state index >= 15 is 0 Å². The van der Waals surface area contributed by atoms with Crippen LogP contribution in [-0.4, -0.2) is 30.6 Å². The molecule has 3 aromatic carbocycles. The second-order valence-electron chi connectivity index (χ2n) is 4.91. The first-order chi connectivity index (χ1) is 13.4. The van der Waals surface area contributed by atoms with Crippen molar-refractivity contribution in [2.24, 2.45) is 0 Å². The Balaban J connectivity index is -0.000000161. The molecule has 10 nitrogen and oxygen atoms in total. The topological polar surface area (TPSA) is 208 Å². The van der Waals surface area contributed by atoms with Gasteiger partial charge < -0.3 is 49.9 Å². The van der Waals surface area contributed by atoms with Crippen LogP contribution < -0.4 is 71.3 Å². The monoisotopic (exact) mass is 446 g/mol. The zero-order valence-corrected chi connectivity index (χ0v) is 18.6.